The van der Waals surface area contributed by atoms with E-state index < -0.39 is 0 Å². The third kappa shape index (κ3) is 3.70. The maximum absolute atomic E-state index is 14.2. The molecule has 1 heterocycles. The van der Waals surface area contributed by atoms with Crippen molar-refractivity contribution in [2.75, 3.05) is 33.3 Å². The Morgan fingerprint density at radius 2 is 2.10 bits per heavy atom. The summed E-state index contributed by atoms with van der Waals surface area (Å²) in [6.07, 6.45) is 3.48. The van der Waals surface area contributed by atoms with E-state index >= 15 is 0 Å². The Kier molecular flexibility index (Phi) is 5.80. The zero-order valence-electron chi connectivity index (χ0n) is 12.5. The Hall–Kier alpha value is -1.13. The molecule has 1 atom stereocenters. The monoisotopic (exact) mass is 280 g/mol. The molecule has 1 aliphatic rings. The van der Waals surface area contributed by atoms with Crippen LogP contribution in [0.4, 0.5) is 4.39 Å². The van der Waals surface area contributed by atoms with E-state index in [1.807, 2.05) is 6.07 Å². The maximum atomic E-state index is 14.2. The Morgan fingerprint density at radius 1 is 1.35 bits per heavy atom. The fraction of sp³-hybridized carbons (Fsp3) is 0.625. The van der Waals surface area contributed by atoms with Gasteiger partial charge < -0.3 is 15.0 Å². The second-order valence-electron chi connectivity index (χ2n) is 5.30. The van der Waals surface area contributed by atoms with Crippen molar-refractivity contribution in [1.82, 2.24) is 10.2 Å². The van der Waals surface area contributed by atoms with Gasteiger partial charge in [0.15, 0.2) is 0 Å². The highest BCUT2D eigenvalue weighted by molar-refractivity contribution is 5.37. The molecule has 0 aliphatic carbocycles. The van der Waals surface area contributed by atoms with Crippen LogP contribution in [0.15, 0.2) is 18.2 Å². The molecule has 0 amide bonds. The lowest BCUT2D eigenvalue weighted by Crippen LogP contribution is -2.28. The van der Waals surface area contributed by atoms with Gasteiger partial charge in [-0.15, -0.1) is 0 Å². The van der Waals surface area contributed by atoms with Crippen LogP contribution in [0.3, 0.4) is 0 Å². The van der Waals surface area contributed by atoms with Crippen LogP contribution in [-0.2, 0) is 0 Å². The largest absolute Gasteiger partial charge is 0.496 e. The molecule has 1 N–H and O–H groups in total. The van der Waals surface area contributed by atoms with Crippen LogP contribution >= 0.6 is 0 Å². The summed E-state index contributed by atoms with van der Waals surface area (Å²) in [5.41, 5.74) is 0.663. The summed E-state index contributed by atoms with van der Waals surface area (Å²) in [6, 6.07) is 5.05. The highest BCUT2D eigenvalue weighted by Crippen LogP contribution is 2.30. The lowest BCUT2D eigenvalue weighted by Gasteiger charge is -2.24. The van der Waals surface area contributed by atoms with Crippen LogP contribution in [0.1, 0.15) is 37.8 Å². The summed E-state index contributed by atoms with van der Waals surface area (Å²) in [6.45, 7) is 6.23. The number of rotatable bonds is 7. The first kappa shape index (κ1) is 15.3. The van der Waals surface area contributed by atoms with Gasteiger partial charge in [-0.05, 0) is 57.6 Å². The van der Waals surface area contributed by atoms with Crippen LogP contribution in [-0.4, -0.2) is 38.2 Å². The molecule has 20 heavy (non-hydrogen) atoms. The standard InChI is InChI=1S/C16H25FN2O/c1-3-18-14(9-12-19-10-4-5-11-19)16-13(17)7-6-8-15(16)20-2/h6-8,14,18H,3-5,9-12H2,1-2H3. The Labute approximate surface area is 121 Å². The van der Waals surface area contributed by atoms with E-state index in [2.05, 4.69) is 17.1 Å². The van der Waals surface area contributed by atoms with Crippen molar-refractivity contribution in [2.45, 2.75) is 32.2 Å². The number of halogens is 1. The highest BCUT2D eigenvalue weighted by atomic mass is 19.1. The first-order valence-electron chi connectivity index (χ1n) is 7.54. The van der Waals surface area contributed by atoms with Crippen LogP contribution in [0.5, 0.6) is 5.75 Å². The third-order valence-corrected chi connectivity index (χ3v) is 3.96. The van der Waals surface area contributed by atoms with Crippen LogP contribution < -0.4 is 10.1 Å². The molecule has 0 saturated carbocycles. The molecule has 1 aliphatic heterocycles. The average molecular weight is 280 g/mol. The highest BCUT2D eigenvalue weighted by Gasteiger charge is 2.21. The van der Waals surface area contributed by atoms with Gasteiger partial charge in [-0.3, -0.25) is 0 Å². The number of hydrogen-bond donors (Lipinski definition) is 1. The summed E-state index contributed by atoms with van der Waals surface area (Å²) < 4.78 is 19.5. The zero-order chi connectivity index (χ0) is 14.4. The van der Waals surface area contributed by atoms with Crippen molar-refractivity contribution in [3.05, 3.63) is 29.6 Å². The second-order valence-corrected chi connectivity index (χ2v) is 5.30. The van der Waals surface area contributed by atoms with Crippen molar-refractivity contribution in [1.29, 1.82) is 0 Å². The molecule has 1 unspecified atom stereocenters. The number of benzene rings is 1. The molecule has 2 rings (SSSR count). The second kappa shape index (κ2) is 7.60. The molecule has 3 nitrogen and oxygen atoms in total. The molecule has 1 aromatic carbocycles. The predicted octanol–water partition coefficient (Wildman–Crippen LogP) is 2.97. The molecule has 1 fully saturated rings. The molecule has 1 saturated heterocycles. The van der Waals surface area contributed by atoms with Gasteiger partial charge in [0, 0.05) is 11.6 Å². The SMILES string of the molecule is CCNC(CCN1CCCC1)c1c(F)cccc1OC. The summed E-state index contributed by atoms with van der Waals surface area (Å²) >= 11 is 0. The van der Waals surface area contributed by atoms with E-state index in [1.54, 1.807) is 13.2 Å². The van der Waals surface area contributed by atoms with Crippen molar-refractivity contribution in [3.8, 4) is 5.75 Å². The topological polar surface area (TPSA) is 24.5 Å². The first-order chi connectivity index (χ1) is 9.76. The minimum absolute atomic E-state index is 0.0109. The third-order valence-electron chi connectivity index (χ3n) is 3.96. The molecule has 4 heteroatoms. The quantitative estimate of drug-likeness (QED) is 0.831. The summed E-state index contributed by atoms with van der Waals surface area (Å²) in [5, 5.41) is 3.39. The summed E-state index contributed by atoms with van der Waals surface area (Å²) in [4.78, 5) is 2.46. The maximum Gasteiger partial charge on any atom is 0.131 e. The Balaban J connectivity index is 2.10. The molecule has 0 bridgehead atoms. The van der Waals surface area contributed by atoms with Crippen LogP contribution in [0.2, 0.25) is 0 Å². The minimum atomic E-state index is -0.184. The van der Waals surface area contributed by atoms with E-state index in [0.29, 0.717) is 11.3 Å². The molecule has 0 spiro atoms. The van der Waals surface area contributed by atoms with E-state index in [-0.39, 0.29) is 11.9 Å². The fourth-order valence-corrected chi connectivity index (χ4v) is 2.95. The van der Waals surface area contributed by atoms with Gasteiger partial charge in [0.05, 0.1) is 7.11 Å². The molecule has 0 radical (unpaired) electrons. The van der Waals surface area contributed by atoms with Crippen molar-refractivity contribution < 1.29 is 9.13 Å². The fourth-order valence-electron chi connectivity index (χ4n) is 2.95. The number of nitrogens with zero attached hydrogens (tertiary/aromatic N) is 1. The van der Waals surface area contributed by atoms with E-state index in [0.717, 1.165) is 19.5 Å². The minimum Gasteiger partial charge on any atom is -0.496 e. The number of nitrogens with one attached hydrogen (secondary N) is 1. The van der Waals surface area contributed by atoms with Gasteiger partial charge in [0.1, 0.15) is 11.6 Å². The molecular weight excluding hydrogens is 255 g/mol. The van der Waals surface area contributed by atoms with E-state index in [1.165, 1.54) is 32.0 Å². The molecule has 1 aromatic rings. The van der Waals surface area contributed by atoms with Gasteiger partial charge in [-0.25, -0.2) is 4.39 Å². The molecule has 112 valence electrons. The molecule has 0 aromatic heterocycles. The summed E-state index contributed by atoms with van der Waals surface area (Å²) in [5.74, 6) is 0.453. The Bertz CT molecular complexity index is 419. The van der Waals surface area contributed by atoms with Gasteiger partial charge in [-0.1, -0.05) is 13.0 Å². The van der Waals surface area contributed by atoms with E-state index in [9.17, 15) is 4.39 Å². The zero-order valence-corrected chi connectivity index (χ0v) is 12.5. The molecular formula is C16H25FN2O. The predicted molar refractivity (Wildman–Crippen MR) is 79.7 cm³/mol. The van der Waals surface area contributed by atoms with E-state index in [4.69, 9.17) is 4.74 Å². The van der Waals surface area contributed by atoms with Crippen molar-refractivity contribution in [2.24, 2.45) is 0 Å². The summed E-state index contributed by atoms with van der Waals surface area (Å²) in [7, 11) is 1.60. The number of likely N-dealkylation sites (tertiary alicyclic amines) is 1. The number of hydrogen-bond acceptors (Lipinski definition) is 3. The normalized spacial score (nSPS) is 17.4. The lowest BCUT2D eigenvalue weighted by atomic mass is 10.0. The number of ether oxygens (including phenoxy) is 1. The average Bonchev–Trinajstić information content (AvgIpc) is 2.97. The van der Waals surface area contributed by atoms with Gasteiger partial charge in [-0.2, -0.15) is 0 Å². The first-order valence-corrected chi connectivity index (χ1v) is 7.54. The van der Waals surface area contributed by atoms with Gasteiger partial charge in [0.25, 0.3) is 0 Å². The smallest absolute Gasteiger partial charge is 0.131 e. The number of methoxy groups -OCH3 is 1. The van der Waals surface area contributed by atoms with Crippen molar-refractivity contribution >= 4 is 0 Å². The van der Waals surface area contributed by atoms with Crippen molar-refractivity contribution in [3.63, 3.8) is 0 Å². The Morgan fingerprint density at radius 3 is 2.75 bits per heavy atom. The van der Waals surface area contributed by atoms with Crippen LogP contribution in [0.25, 0.3) is 0 Å². The lowest BCUT2D eigenvalue weighted by molar-refractivity contribution is 0.305. The van der Waals surface area contributed by atoms with Gasteiger partial charge >= 0.3 is 0 Å². The van der Waals surface area contributed by atoms with Crippen LogP contribution in [0, 0.1) is 5.82 Å². The van der Waals surface area contributed by atoms with Gasteiger partial charge in [0.2, 0.25) is 0 Å².